The van der Waals surface area contributed by atoms with Crippen LogP contribution in [-0.2, 0) is 14.3 Å². The minimum absolute atomic E-state index is 0.363. The van der Waals surface area contributed by atoms with Gasteiger partial charge in [0.1, 0.15) is 18.3 Å². The van der Waals surface area contributed by atoms with Gasteiger partial charge in [-0.25, -0.2) is 9.18 Å². The number of rotatable bonds is 4. The molecule has 134 valence electrons. The zero-order valence-corrected chi connectivity index (χ0v) is 13.9. The number of nitrogens with zero attached hydrogens (tertiary/aromatic N) is 1. The van der Waals surface area contributed by atoms with Crippen LogP contribution in [0, 0.1) is 5.92 Å². The molecule has 0 spiro atoms. The summed E-state index contributed by atoms with van der Waals surface area (Å²) in [6.07, 6.45) is -1.58. The lowest BCUT2D eigenvalue weighted by Gasteiger charge is -2.33. The van der Waals surface area contributed by atoms with Crippen molar-refractivity contribution in [2.24, 2.45) is 5.92 Å². The topological polar surface area (TPSA) is 111 Å². The van der Waals surface area contributed by atoms with E-state index in [1.54, 1.807) is 13.8 Å². The molecule has 1 aromatic heterocycles. The molecule has 0 amide bonds. The van der Waals surface area contributed by atoms with Crippen molar-refractivity contribution in [1.82, 2.24) is 9.55 Å². The molecule has 2 rings (SSSR count). The monoisotopic (exact) mass is 344 g/mol. The third-order valence-electron chi connectivity index (χ3n) is 4.33. The minimum Gasteiger partial charge on any atom is -0.463 e. The number of hydrogen-bond acceptors (Lipinski definition) is 6. The summed E-state index contributed by atoms with van der Waals surface area (Å²) in [6, 6.07) is 1.04. The van der Waals surface area contributed by atoms with E-state index in [9.17, 15) is 19.5 Å². The van der Waals surface area contributed by atoms with Gasteiger partial charge < -0.3 is 14.6 Å². The molecule has 9 heteroatoms. The SMILES string of the molecule is CC(C)C(=O)OC[C@H]1OC(n2ccc(=O)[nH]c2=O)[C@](C)(F)C1(C)O. The molecule has 1 aliphatic heterocycles. The Hall–Kier alpha value is -2.00. The second-order valence-electron chi connectivity index (χ2n) is 6.50. The average molecular weight is 344 g/mol. The summed E-state index contributed by atoms with van der Waals surface area (Å²) in [6.45, 7) is 5.20. The second-order valence-corrected chi connectivity index (χ2v) is 6.50. The molecule has 4 atom stereocenters. The van der Waals surface area contributed by atoms with Crippen LogP contribution in [-0.4, -0.2) is 44.6 Å². The summed E-state index contributed by atoms with van der Waals surface area (Å²) in [5, 5.41) is 10.5. The van der Waals surface area contributed by atoms with Crippen molar-refractivity contribution < 1.29 is 23.8 Å². The molecular formula is C15H21FN2O6. The fraction of sp³-hybridized carbons (Fsp3) is 0.667. The van der Waals surface area contributed by atoms with Crippen molar-refractivity contribution in [1.29, 1.82) is 0 Å². The lowest BCUT2D eigenvalue weighted by Crippen LogP contribution is -2.53. The Morgan fingerprint density at radius 2 is 2.12 bits per heavy atom. The number of H-pyrrole nitrogens is 1. The number of aromatic amines is 1. The maximum absolute atomic E-state index is 15.2. The summed E-state index contributed by atoms with van der Waals surface area (Å²) in [5.41, 5.74) is -5.90. The maximum Gasteiger partial charge on any atom is 0.330 e. The number of ether oxygens (including phenoxy) is 2. The van der Waals surface area contributed by atoms with Crippen molar-refractivity contribution in [2.75, 3.05) is 6.61 Å². The highest BCUT2D eigenvalue weighted by atomic mass is 19.1. The predicted octanol–water partition coefficient (Wildman–Crippen LogP) is 0.112. The molecule has 24 heavy (non-hydrogen) atoms. The van der Waals surface area contributed by atoms with E-state index in [0.29, 0.717) is 0 Å². The number of nitrogens with one attached hydrogen (secondary N) is 1. The first kappa shape index (κ1) is 18.3. The van der Waals surface area contributed by atoms with Crippen molar-refractivity contribution in [3.8, 4) is 0 Å². The number of alkyl halides is 1. The Balaban J connectivity index is 2.30. The lowest BCUT2D eigenvalue weighted by molar-refractivity contribution is -0.157. The van der Waals surface area contributed by atoms with E-state index in [0.717, 1.165) is 23.8 Å². The van der Waals surface area contributed by atoms with Gasteiger partial charge in [-0.15, -0.1) is 0 Å². The van der Waals surface area contributed by atoms with Crippen LogP contribution in [0.2, 0.25) is 0 Å². The number of aromatic nitrogens is 2. The molecule has 2 N–H and O–H groups in total. The molecular weight excluding hydrogens is 323 g/mol. The van der Waals surface area contributed by atoms with E-state index in [2.05, 4.69) is 0 Å². The molecule has 1 saturated heterocycles. The Labute approximate surface area is 137 Å². The molecule has 8 nitrogen and oxygen atoms in total. The normalized spacial score (nSPS) is 33.0. The predicted molar refractivity (Wildman–Crippen MR) is 81.2 cm³/mol. The van der Waals surface area contributed by atoms with Gasteiger partial charge in [0, 0.05) is 12.3 Å². The molecule has 2 unspecified atom stereocenters. The number of carbonyl (C=O) groups excluding carboxylic acids is 1. The quantitative estimate of drug-likeness (QED) is 0.750. The van der Waals surface area contributed by atoms with E-state index in [4.69, 9.17) is 9.47 Å². The summed E-state index contributed by atoms with van der Waals surface area (Å²) in [5.74, 6) is -0.898. The summed E-state index contributed by atoms with van der Waals surface area (Å²) in [4.78, 5) is 36.6. The molecule has 0 radical (unpaired) electrons. The highest BCUT2D eigenvalue weighted by Crippen LogP contribution is 2.47. The first-order valence-electron chi connectivity index (χ1n) is 7.53. The first-order chi connectivity index (χ1) is 11.0. The lowest BCUT2D eigenvalue weighted by atomic mass is 9.84. The molecule has 1 aromatic rings. The largest absolute Gasteiger partial charge is 0.463 e. The molecule has 2 heterocycles. The Morgan fingerprint density at radius 3 is 2.67 bits per heavy atom. The zero-order valence-electron chi connectivity index (χ0n) is 13.9. The highest BCUT2D eigenvalue weighted by Gasteiger charge is 2.63. The number of aliphatic hydroxyl groups is 1. The summed E-state index contributed by atoms with van der Waals surface area (Å²) < 4.78 is 26.5. The van der Waals surface area contributed by atoms with Crippen LogP contribution in [0.3, 0.4) is 0 Å². The van der Waals surface area contributed by atoms with Gasteiger partial charge in [0.2, 0.25) is 0 Å². The van der Waals surface area contributed by atoms with Crippen LogP contribution in [0.1, 0.15) is 33.9 Å². The maximum atomic E-state index is 15.2. The van der Waals surface area contributed by atoms with Gasteiger partial charge in [-0.05, 0) is 13.8 Å². The van der Waals surface area contributed by atoms with Gasteiger partial charge in [0.15, 0.2) is 11.9 Å². The standard InChI is InChI=1S/C15H21FN2O6/c1-8(2)11(20)23-7-9-15(4,22)14(3,16)12(24-9)18-6-5-10(19)17-13(18)21/h5-6,8-9,12,22H,7H2,1-4H3,(H,17,19,21)/t9-,12?,14+,15?/m1/s1. The van der Waals surface area contributed by atoms with Gasteiger partial charge in [-0.3, -0.25) is 19.1 Å². The molecule has 0 aliphatic carbocycles. The first-order valence-corrected chi connectivity index (χ1v) is 7.53. The van der Waals surface area contributed by atoms with Crippen LogP contribution in [0.15, 0.2) is 21.9 Å². The second kappa shape index (κ2) is 6.14. The Bertz CT molecular complexity index is 736. The van der Waals surface area contributed by atoms with Gasteiger partial charge in [0.25, 0.3) is 5.56 Å². The van der Waals surface area contributed by atoms with E-state index >= 15 is 4.39 Å². The van der Waals surface area contributed by atoms with Gasteiger partial charge in [-0.2, -0.15) is 0 Å². The van der Waals surface area contributed by atoms with E-state index in [1.807, 2.05) is 4.98 Å². The third kappa shape index (κ3) is 3.01. The van der Waals surface area contributed by atoms with Gasteiger partial charge in [-0.1, -0.05) is 13.8 Å². The Kier molecular flexibility index (Phi) is 4.69. The number of hydrogen-bond donors (Lipinski definition) is 2. The number of esters is 1. The van der Waals surface area contributed by atoms with Crippen molar-refractivity contribution in [2.45, 2.75) is 51.3 Å². The van der Waals surface area contributed by atoms with Crippen LogP contribution >= 0.6 is 0 Å². The van der Waals surface area contributed by atoms with E-state index < -0.39 is 40.8 Å². The zero-order chi connectivity index (χ0) is 18.3. The molecule has 1 aliphatic rings. The summed E-state index contributed by atoms with van der Waals surface area (Å²) >= 11 is 0. The molecule has 1 fully saturated rings. The van der Waals surface area contributed by atoms with E-state index in [1.165, 1.54) is 6.92 Å². The van der Waals surface area contributed by atoms with Crippen molar-refractivity contribution >= 4 is 5.97 Å². The third-order valence-corrected chi connectivity index (χ3v) is 4.33. The van der Waals surface area contributed by atoms with Crippen LogP contribution in [0.5, 0.6) is 0 Å². The van der Waals surface area contributed by atoms with Gasteiger partial charge >= 0.3 is 11.7 Å². The van der Waals surface area contributed by atoms with Crippen molar-refractivity contribution in [3.05, 3.63) is 33.1 Å². The van der Waals surface area contributed by atoms with E-state index in [-0.39, 0.29) is 12.5 Å². The van der Waals surface area contributed by atoms with Crippen LogP contribution in [0.4, 0.5) is 4.39 Å². The van der Waals surface area contributed by atoms with Crippen molar-refractivity contribution in [3.63, 3.8) is 0 Å². The van der Waals surface area contributed by atoms with Crippen LogP contribution < -0.4 is 11.2 Å². The fourth-order valence-corrected chi connectivity index (χ4v) is 2.45. The average Bonchev–Trinajstić information content (AvgIpc) is 2.63. The smallest absolute Gasteiger partial charge is 0.330 e. The van der Waals surface area contributed by atoms with Gasteiger partial charge in [0.05, 0.1) is 5.92 Å². The molecule has 0 saturated carbocycles. The highest BCUT2D eigenvalue weighted by molar-refractivity contribution is 5.71. The number of halogens is 1. The molecule has 0 aromatic carbocycles. The minimum atomic E-state index is -2.37. The summed E-state index contributed by atoms with van der Waals surface area (Å²) in [7, 11) is 0. The molecule has 0 bridgehead atoms. The number of carbonyl (C=O) groups is 1. The Morgan fingerprint density at radius 1 is 1.50 bits per heavy atom. The van der Waals surface area contributed by atoms with Crippen LogP contribution in [0.25, 0.3) is 0 Å². The fourth-order valence-electron chi connectivity index (χ4n) is 2.45.